The summed E-state index contributed by atoms with van der Waals surface area (Å²) in [6.45, 7) is 0. The van der Waals surface area contributed by atoms with E-state index in [-0.39, 0.29) is 22.3 Å². The first kappa shape index (κ1) is 24.7. The number of aromatic nitrogens is 3. The smallest absolute Gasteiger partial charge is 0.314 e. The van der Waals surface area contributed by atoms with Gasteiger partial charge in [0.15, 0.2) is 4.80 Å². The Morgan fingerprint density at radius 1 is 1.09 bits per heavy atom. The molecule has 3 aromatic heterocycles. The van der Waals surface area contributed by atoms with Gasteiger partial charge in [-0.3, -0.25) is 18.7 Å². The topological polar surface area (TPSA) is 78.4 Å². The van der Waals surface area contributed by atoms with Gasteiger partial charge in [0.2, 0.25) is 0 Å². The summed E-state index contributed by atoms with van der Waals surface area (Å²) in [7, 11) is 6.42. The van der Waals surface area contributed by atoms with E-state index in [1.165, 1.54) is 24.0 Å². The lowest BCUT2D eigenvalue weighted by molar-refractivity contribution is -0.142. The maximum absolute atomic E-state index is 14.5. The number of benzene rings is 1. The van der Waals surface area contributed by atoms with Crippen molar-refractivity contribution in [1.29, 1.82) is 0 Å². The van der Waals surface area contributed by atoms with Crippen molar-refractivity contribution in [3.8, 4) is 11.3 Å². The molecule has 0 bridgehead atoms. The molecule has 7 nitrogen and oxygen atoms in total. The third kappa shape index (κ3) is 4.16. The Morgan fingerprint density at radius 3 is 2.43 bits per heavy atom. The fourth-order valence-corrected chi connectivity index (χ4v) is 5.39. The van der Waals surface area contributed by atoms with Gasteiger partial charge < -0.3 is 4.57 Å². The molecule has 0 N–H and O–H groups in total. The predicted molar refractivity (Wildman–Crippen MR) is 120 cm³/mol. The van der Waals surface area contributed by atoms with E-state index in [4.69, 9.17) is 0 Å². The van der Waals surface area contributed by atoms with E-state index in [0.29, 0.717) is 16.5 Å². The fourth-order valence-electron chi connectivity index (χ4n) is 3.51. The van der Waals surface area contributed by atoms with Gasteiger partial charge in [-0.15, -0.1) is 22.7 Å². The number of thiophene rings is 1. The lowest BCUT2D eigenvalue weighted by Gasteiger charge is -2.12. The molecule has 4 rings (SSSR count). The average Bonchev–Trinajstić information content (AvgIpc) is 3.34. The van der Waals surface area contributed by atoms with Crippen molar-refractivity contribution in [2.24, 2.45) is 19.1 Å². The molecular weight excluding hydrogens is 515 g/mol. The molecule has 0 aliphatic heterocycles. The van der Waals surface area contributed by atoms with Gasteiger partial charge in [-0.25, -0.2) is 13.6 Å². The van der Waals surface area contributed by atoms with Crippen LogP contribution in [0, 0.1) is 18.7 Å². The third-order valence-corrected chi connectivity index (χ3v) is 7.22. The minimum atomic E-state index is -5.25. The summed E-state index contributed by atoms with van der Waals surface area (Å²) in [6.07, 6.45) is -5.55. The van der Waals surface area contributed by atoms with Crippen LogP contribution < -0.4 is 16.1 Å². The number of aryl methyl sites for hydroxylation is 1. The number of fused-ring (bicyclic) bond motifs is 1. The molecule has 1 aromatic carbocycles. The maximum Gasteiger partial charge on any atom is 0.422 e. The van der Waals surface area contributed by atoms with Crippen LogP contribution >= 0.6 is 22.7 Å². The quantitative estimate of drug-likeness (QED) is 0.382. The Morgan fingerprint density at radius 2 is 1.77 bits per heavy atom. The van der Waals surface area contributed by atoms with Crippen LogP contribution in [0.15, 0.2) is 37.5 Å². The van der Waals surface area contributed by atoms with Gasteiger partial charge >= 0.3 is 11.9 Å². The van der Waals surface area contributed by atoms with Crippen molar-refractivity contribution in [3.05, 3.63) is 78.3 Å². The number of carbonyl (C=O) groups excluding carboxylic acids is 1. The molecule has 0 atom stereocenters. The molecule has 0 saturated heterocycles. The van der Waals surface area contributed by atoms with Gasteiger partial charge in [0.05, 0.1) is 17.5 Å². The second-order valence-corrected chi connectivity index (χ2v) is 9.14. The first-order chi connectivity index (χ1) is 16.3. The van der Waals surface area contributed by atoms with Crippen molar-refractivity contribution in [2.75, 3.05) is 0 Å². The van der Waals surface area contributed by atoms with E-state index in [1.54, 1.807) is 5.38 Å². The van der Waals surface area contributed by atoms with Crippen LogP contribution in [0.2, 0.25) is 0 Å². The van der Waals surface area contributed by atoms with E-state index in [0.717, 1.165) is 37.9 Å². The molecule has 1 amide bonds. The number of nitrogens with zero attached hydrogens (tertiary/aromatic N) is 4. The highest BCUT2D eigenvalue weighted by Gasteiger charge is 2.39. The Kier molecular flexibility index (Phi) is 6.13. The van der Waals surface area contributed by atoms with E-state index in [2.05, 4.69) is 12.0 Å². The van der Waals surface area contributed by atoms with Crippen LogP contribution in [-0.4, -0.2) is 19.6 Å². The molecule has 0 aliphatic rings. The number of halogens is 5. The molecule has 183 valence electrons. The molecule has 0 spiro atoms. The third-order valence-electron chi connectivity index (χ3n) is 5.26. The summed E-state index contributed by atoms with van der Waals surface area (Å²) in [5.74, 6) is -4.27. The monoisotopic (exact) mass is 529 g/mol. The minimum absolute atomic E-state index is 0.0536. The molecule has 0 unspecified atom stereocenters. The van der Waals surface area contributed by atoms with Crippen molar-refractivity contribution in [3.63, 3.8) is 0 Å². The van der Waals surface area contributed by atoms with Crippen LogP contribution in [0.4, 0.5) is 22.0 Å². The van der Waals surface area contributed by atoms with Crippen molar-refractivity contribution in [1.82, 2.24) is 13.7 Å². The predicted octanol–water partition coefficient (Wildman–Crippen LogP) is 3.44. The van der Waals surface area contributed by atoms with Gasteiger partial charge in [0.1, 0.15) is 22.0 Å². The molecule has 35 heavy (non-hydrogen) atoms. The van der Waals surface area contributed by atoms with E-state index >= 15 is 0 Å². The van der Waals surface area contributed by atoms with E-state index < -0.39 is 46.1 Å². The first-order valence-corrected chi connectivity index (χ1v) is 11.4. The number of thiazole rings is 1. The largest absolute Gasteiger partial charge is 0.422 e. The van der Waals surface area contributed by atoms with Gasteiger partial charge in [0, 0.05) is 32.1 Å². The highest BCUT2D eigenvalue weighted by Crippen LogP contribution is 2.37. The number of hydrogen-bond donors (Lipinski definition) is 0. The van der Waals surface area contributed by atoms with Crippen molar-refractivity contribution in [2.45, 2.75) is 12.6 Å². The van der Waals surface area contributed by atoms with Gasteiger partial charge in [-0.05, 0) is 23.1 Å². The lowest BCUT2D eigenvalue weighted by atomic mass is 10.1. The molecule has 0 saturated carbocycles. The molecular formula is C21H14F5N4O3S2. The minimum Gasteiger partial charge on any atom is -0.314 e. The SMILES string of the molecule is [CH2]n1c(-c2ccc(F)c(C(F)(F)F)c2F)csc1=NC(=O)Cc1csc2c1c(=O)n(C)c(=O)n2C. The normalized spacial score (nSPS) is 12.6. The highest BCUT2D eigenvalue weighted by molar-refractivity contribution is 7.17. The van der Waals surface area contributed by atoms with Crippen LogP contribution in [0.25, 0.3) is 21.5 Å². The van der Waals surface area contributed by atoms with Crippen LogP contribution in [-0.2, 0) is 31.5 Å². The van der Waals surface area contributed by atoms with Crippen molar-refractivity contribution < 1.29 is 26.7 Å². The average molecular weight is 529 g/mol. The second kappa shape index (κ2) is 8.68. The van der Waals surface area contributed by atoms with Crippen LogP contribution in [0.3, 0.4) is 0 Å². The zero-order valence-electron chi connectivity index (χ0n) is 17.9. The van der Waals surface area contributed by atoms with Crippen LogP contribution in [0.1, 0.15) is 11.1 Å². The van der Waals surface area contributed by atoms with Crippen LogP contribution in [0.5, 0.6) is 0 Å². The van der Waals surface area contributed by atoms with Crippen molar-refractivity contribution >= 4 is 38.8 Å². The Hall–Kier alpha value is -3.39. The highest BCUT2D eigenvalue weighted by atomic mass is 32.1. The number of hydrogen-bond acceptors (Lipinski definition) is 5. The fraction of sp³-hybridized carbons (Fsp3) is 0.190. The number of amides is 1. The summed E-state index contributed by atoms with van der Waals surface area (Å²) in [5, 5.41) is 3.00. The Bertz CT molecular complexity index is 1690. The zero-order chi connectivity index (χ0) is 25.8. The zero-order valence-corrected chi connectivity index (χ0v) is 19.6. The molecule has 14 heteroatoms. The number of carbonyl (C=O) groups is 1. The maximum atomic E-state index is 14.5. The van der Waals surface area contributed by atoms with Gasteiger partial charge in [0.25, 0.3) is 11.5 Å². The summed E-state index contributed by atoms with van der Waals surface area (Å²) in [5.41, 5.74) is -3.47. The molecule has 0 fully saturated rings. The van der Waals surface area contributed by atoms with E-state index in [1.807, 2.05) is 0 Å². The summed E-state index contributed by atoms with van der Waals surface area (Å²) < 4.78 is 70.6. The summed E-state index contributed by atoms with van der Waals surface area (Å²) >= 11 is 1.93. The van der Waals surface area contributed by atoms with E-state index in [9.17, 15) is 36.3 Å². The molecule has 0 aliphatic carbocycles. The standard InChI is InChI=1S/C21H14F5N4O3S2/c1-28-12(10-4-5-11(22)15(16(10)23)21(24,25)26)8-35-19(28)27-13(31)6-9-7-34-18-14(9)17(32)29(2)20(33)30(18)3/h4-5,7-8H,1,6H2,2-3H3. The number of alkyl halides is 3. The summed E-state index contributed by atoms with van der Waals surface area (Å²) in [4.78, 5) is 41.5. The molecule has 1 radical (unpaired) electrons. The van der Waals surface area contributed by atoms with Gasteiger partial charge in [-0.1, -0.05) is 0 Å². The number of rotatable bonds is 3. The van der Waals surface area contributed by atoms with Gasteiger partial charge in [-0.2, -0.15) is 18.2 Å². The molecule has 3 heterocycles. The lowest BCUT2D eigenvalue weighted by Crippen LogP contribution is -2.36. The second-order valence-electron chi connectivity index (χ2n) is 7.44. The Labute approximate surface area is 200 Å². The Balaban J connectivity index is 1.73. The summed E-state index contributed by atoms with van der Waals surface area (Å²) in [6, 6.07) is 1.34. The molecule has 4 aromatic rings. The first-order valence-electron chi connectivity index (χ1n) is 9.63.